The molecule has 0 amide bonds. The van der Waals surface area contributed by atoms with Crippen molar-refractivity contribution in [3.05, 3.63) is 29.6 Å². The second-order valence-corrected chi connectivity index (χ2v) is 5.10. The van der Waals surface area contributed by atoms with Gasteiger partial charge in [0.1, 0.15) is 5.82 Å². The van der Waals surface area contributed by atoms with Crippen molar-refractivity contribution in [3.8, 4) is 0 Å². The van der Waals surface area contributed by atoms with Crippen LogP contribution >= 0.6 is 0 Å². The average Bonchev–Trinajstić information content (AvgIpc) is 2.25. The maximum atomic E-state index is 13.1. The fourth-order valence-electron chi connectivity index (χ4n) is 1.31. The van der Waals surface area contributed by atoms with Crippen molar-refractivity contribution in [2.75, 3.05) is 19.0 Å². The molecular weight excluding hydrogens is 221 g/mol. The van der Waals surface area contributed by atoms with Crippen molar-refractivity contribution in [1.29, 1.82) is 0 Å². The highest BCUT2D eigenvalue weighted by Crippen LogP contribution is 2.21. The predicted molar refractivity (Wildman–Crippen MR) is 65.7 cm³/mol. The molecule has 0 spiro atoms. The number of carbonyl (C=O) groups is 1. The SMILES string of the molecule is COC(=O)c1cc(F)ccc1NCC(C)(C)C. The van der Waals surface area contributed by atoms with E-state index in [0.29, 0.717) is 12.2 Å². The van der Waals surface area contributed by atoms with Gasteiger partial charge in [0.25, 0.3) is 0 Å². The van der Waals surface area contributed by atoms with Crippen LogP contribution < -0.4 is 5.32 Å². The van der Waals surface area contributed by atoms with Gasteiger partial charge < -0.3 is 10.1 Å². The minimum Gasteiger partial charge on any atom is -0.465 e. The van der Waals surface area contributed by atoms with Gasteiger partial charge in [-0.25, -0.2) is 9.18 Å². The molecule has 0 bridgehead atoms. The number of hydrogen-bond acceptors (Lipinski definition) is 3. The molecule has 0 aliphatic rings. The lowest BCUT2D eigenvalue weighted by Crippen LogP contribution is -2.20. The fourth-order valence-corrected chi connectivity index (χ4v) is 1.31. The first kappa shape index (κ1) is 13.5. The Morgan fingerprint density at radius 1 is 1.41 bits per heavy atom. The van der Waals surface area contributed by atoms with E-state index in [0.717, 1.165) is 0 Å². The third-order valence-electron chi connectivity index (χ3n) is 2.20. The van der Waals surface area contributed by atoms with Crippen LogP contribution in [-0.2, 0) is 4.74 Å². The summed E-state index contributed by atoms with van der Waals surface area (Å²) in [4.78, 5) is 11.5. The summed E-state index contributed by atoms with van der Waals surface area (Å²) in [6.45, 7) is 6.90. The van der Waals surface area contributed by atoms with Gasteiger partial charge in [0.15, 0.2) is 0 Å². The Labute approximate surface area is 101 Å². The third-order valence-corrected chi connectivity index (χ3v) is 2.20. The first-order valence-corrected chi connectivity index (χ1v) is 5.45. The van der Waals surface area contributed by atoms with Gasteiger partial charge in [0.2, 0.25) is 0 Å². The predicted octanol–water partition coefficient (Wildman–Crippen LogP) is 3.07. The van der Waals surface area contributed by atoms with Crippen LogP contribution in [0.4, 0.5) is 10.1 Å². The average molecular weight is 239 g/mol. The summed E-state index contributed by atoms with van der Waals surface area (Å²) in [5, 5.41) is 3.13. The van der Waals surface area contributed by atoms with E-state index in [2.05, 4.69) is 30.8 Å². The zero-order valence-corrected chi connectivity index (χ0v) is 10.6. The molecule has 1 aromatic carbocycles. The number of nitrogens with one attached hydrogen (secondary N) is 1. The molecule has 0 fully saturated rings. The van der Waals surface area contributed by atoms with Crippen LogP contribution in [0.15, 0.2) is 18.2 Å². The van der Waals surface area contributed by atoms with Crippen LogP contribution in [0, 0.1) is 11.2 Å². The maximum Gasteiger partial charge on any atom is 0.340 e. The van der Waals surface area contributed by atoms with Gasteiger partial charge in [0.05, 0.1) is 12.7 Å². The second-order valence-electron chi connectivity index (χ2n) is 5.10. The number of methoxy groups -OCH3 is 1. The number of benzene rings is 1. The van der Waals surface area contributed by atoms with E-state index in [1.54, 1.807) is 6.07 Å². The van der Waals surface area contributed by atoms with Crippen molar-refractivity contribution in [1.82, 2.24) is 0 Å². The molecule has 0 saturated heterocycles. The lowest BCUT2D eigenvalue weighted by molar-refractivity contribution is 0.0601. The molecule has 0 aliphatic carbocycles. The molecule has 0 aliphatic heterocycles. The molecule has 0 radical (unpaired) electrons. The van der Waals surface area contributed by atoms with Crippen LogP contribution in [-0.4, -0.2) is 19.6 Å². The Balaban J connectivity index is 2.94. The number of rotatable bonds is 3. The molecule has 0 unspecified atom stereocenters. The number of ether oxygens (including phenoxy) is 1. The Hall–Kier alpha value is -1.58. The van der Waals surface area contributed by atoms with E-state index in [1.165, 1.54) is 19.2 Å². The quantitative estimate of drug-likeness (QED) is 0.824. The van der Waals surface area contributed by atoms with Gasteiger partial charge >= 0.3 is 5.97 Å². The zero-order valence-electron chi connectivity index (χ0n) is 10.6. The largest absolute Gasteiger partial charge is 0.465 e. The van der Waals surface area contributed by atoms with E-state index in [9.17, 15) is 9.18 Å². The number of esters is 1. The minimum absolute atomic E-state index is 0.0712. The lowest BCUT2D eigenvalue weighted by Gasteiger charge is -2.20. The number of anilines is 1. The van der Waals surface area contributed by atoms with E-state index in [-0.39, 0.29) is 11.0 Å². The van der Waals surface area contributed by atoms with E-state index >= 15 is 0 Å². The molecule has 17 heavy (non-hydrogen) atoms. The van der Waals surface area contributed by atoms with Gasteiger partial charge in [-0.1, -0.05) is 20.8 Å². The lowest BCUT2D eigenvalue weighted by atomic mass is 9.96. The van der Waals surface area contributed by atoms with Gasteiger partial charge in [-0.3, -0.25) is 0 Å². The highest BCUT2D eigenvalue weighted by Gasteiger charge is 2.15. The van der Waals surface area contributed by atoms with Gasteiger partial charge in [-0.05, 0) is 23.6 Å². The molecule has 0 aromatic heterocycles. The summed E-state index contributed by atoms with van der Waals surface area (Å²) in [7, 11) is 1.28. The molecule has 3 nitrogen and oxygen atoms in total. The van der Waals surface area contributed by atoms with Gasteiger partial charge in [-0.2, -0.15) is 0 Å². The summed E-state index contributed by atoms with van der Waals surface area (Å²) in [6.07, 6.45) is 0. The normalized spacial score (nSPS) is 11.1. The van der Waals surface area contributed by atoms with Crippen LogP contribution in [0.2, 0.25) is 0 Å². The topological polar surface area (TPSA) is 38.3 Å². The van der Waals surface area contributed by atoms with Gasteiger partial charge in [0, 0.05) is 12.2 Å². The molecule has 4 heteroatoms. The van der Waals surface area contributed by atoms with Crippen molar-refractivity contribution in [2.24, 2.45) is 5.41 Å². The number of hydrogen-bond donors (Lipinski definition) is 1. The monoisotopic (exact) mass is 239 g/mol. The van der Waals surface area contributed by atoms with Gasteiger partial charge in [-0.15, -0.1) is 0 Å². The minimum atomic E-state index is -0.541. The van der Waals surface area contributed by atoms with E-state index in [1.807, 2.05) is 0 Å². The molecule has 1 N–H and O–H groups in total. The number of halogens is 1. The fraction of sp³-hybridized carbons (Fsp3) is 0.462. The van der Waals surface area contributed by atoms with Crippen LogP contribution in [0.5, 0.6) is 0 Å². The second kappa shape index (κ2) is 5.17. The summed E-state index contributed by atoms with van der Waals surface area (Å²) in [5.74, 6) is -0.993. The molecule has 0 atom stereocenters. The Kier molecular flexibility index (Phi) is 4.10. The summed E-state index contributed by atoms with van der Waals surface area (Å²) in [5.41, 5.74) is 0.881. The summed E-state index contributed by atoms with van der Waals surface area (Å²) in [6, 6.07) is 4.04. The van der Waals surface area contributed by atoms with Crippen LogP contribution in [0.1, 0.15) is 31.1 Å². The first-order valence-electron chi connectivity index (χ1n) is 5.45. The third kappa shape index (κ3) is 4.06. The summed E-state index contributed by atoms with van der Waals surface area (Å²) < 4.78 is 17.7. The molecule has 94 valence electrons. The van der Waals surface area contributed by atoms with Crippen molar-refractivity contribution < 1.29 is 13.9 Å². The molecule has 1 aromatic rings. The number of carbonyl (C=O) groups excluding carboxylic acids is 1. The highest BCUT2D eigenvalue weighted by atomic mass is 19.1. The standard InChI is InChI=1S/C13H18FNO2/c1-13(2,3)8-15-11-6-5-9(14)7-10(11)12(16)17-4/h5-7,15H,8H2,1-4H3. The summed E-state index contributed by atoms with van der Waals surface area (Å²) >= 11 is 0. The smallest absolute Gasteiger partial charge is 0.340 e. The van der Waals surface area contributed by atoms with Crippen LogP contribution in [0.3, 0.4) is 0 Å². The molecule has 1 rings (SSSR count). The Morgan fingerprint density at radius 2 is 2.06 bits per heavy atom. The van der Waals surface area contributed by atoms with Crippen LogP contribution in [0.25, 0.3) is 0 Å². The Bertz CT molecular complexity index is 410. The van der Waals surface area contributed by atoms with E-state index in [4.69, 9.17) is 0 Å². The highest BCUT2D eigenvalue weighted by molar-refractivity contribution is 5.95. The maximum absolute atomic E-state index is 13.1. The van der Waals surface area contributed by atoms with Crippen molar-refractivity contribution in [3.63, 3.8) is 0 Å². The van der Waals surface area contributed by atoms with Crippen molar-refractivity contribution in [2.45, 2.75) is 20.8 Å². The molecule has 0 heterocycles. The van der Waals surface area contributed by atoms with E-state index < -0.39 is 11.8 Å². The molecular formula is C13H18FNO2. The van der Waals surface area contributed by atoms with Crippen molar-refractivity contribution >= 4 is 11.7 Å². The first-order chi connectivity index (χ1) is 7.83. The molecule has 0 saturated carbocycles. The zero-order chi connectivity index (χ0) is 13.1. The Morgan fingerprint density at radius 3 is 2.59 bits per heavy atom.